The van der Waals surface area contributed by atoms with Crippen molar-refractivity contribution in [1.82, 2.24) is 9.78 Å². The fraction of sp³-hybridized carbons (Fsp3) is 0.286. The minimum Gasteiger partial charge on any atom is -0.478 e. The number of nitrogens with zero attached hydrogens (tertiary/aromatic N) is 2. The summed E-state index contributed by atoms with van der Waals surface area (Å²) in [6.45, 7) is 0.0109. The molecule has 7 heteroatoms. The van der Waals surface area contributed by atoms with Crippen LogP contribution in [0.25, 0.3) is 0 Å². The number of alkyl halides is 3. The van der Waals surface area contributed by atoms with Crippen molar-refractivity contribution in [3.63, 3.8) is 0 Å². The Morgan fingerprint density at radius 2 is 1.90 bits per heavy atom. The summed E-state index contributed by atoms with van der Waals surface area (Å²) in [5.41, 5.74) is -1.01. The standard InChI is InChI=1S/C14H13F3N2O2/c15-14(16,17)12-11(13(20)21)9-18-19(12)8-4-7-10-5-2-1-3-6-10/h1-3,5-6,9H,4,7-8H2,(H,20,21). The summed E-state index contributed by atoms with van der Waals surface area (Å²) in [6.07, 6.45) is -2.96. The zero-order valence-corrected chi connectivity index (χ0v) is 11.0. The molecule has 0 aliphatic rings. The number of aromatic carboxylic acids is 1. The molecule has 4 nitrogen and oxygen atoms in total. The van der Waals surface area contributed by atoms with Gasteiger partial charge in [0.25, 0.3) is 0 Å². The molecule has 0 unspecified atom stereocenters. The van der Waals surface area contributed by atoms with Gasteiger partial charge in [-0.1, -0.05) is 30.3 Å². The van der Waals surface area contributed by atoms with Crippen LogP contribution in [0.5, 0.6) is 0 Å². The SMILES string of the molecule is O=C(O)c1cnn(CCCc2ccccc2)c1C(F)(F)F. The van der Waals surface area contributed by atoms with E-state index in [0.29, 0.717) is 17.5 Å². The minimum absolute atomic E-state index is 0.0109. The second kappa shape index (κ2) is 5.99. The average molecular weight is 298 g/mol. The number of hydrogen-bond acceptors (Lipinski definition) is 2. The monoisotopic (exact) mass is 298 g/mol. The first kappa shape index (κ1) is 15.1. The molecule has 0 atom stereocenters. The van der Waals surface area contributed by atoms with E-state index in [1.165, 1.54) is 0 Å². The van der Waals surface area contributed by atoms with Crippen LogP contribution < -0.4 is 0 Å². The van der Waals surface area contributed by atoms with Gasteiger partial charge in [0, 0.05) is 6.54 Å². The van der Waals surface area contributed by atoms with Crippen molar-refractivity contribution in [3.05, 3.63) is 53.3 Å². The van der Waals surface area contributed by atoms with Gasteiger partial charge < -0.3 is 5.11 Å². The maximum atomic E-state index is 12.9. The highest BCUT2D eigenvalue weighted by molar-refractivity contribution is 5.88. The third kappa shape index (κ3) is 3.62. The maximum absolute atomic E-state index is 12.9. The highest BCUT2D eigenvalue weighted by atomic mass is 19.4. The van der Waals surface area contributed by atoms with E-state index in [1.807, 2.05) is 30.3 Å². The Kier molecular flexibility index (Phi) is 4.30. The van der Waals surface area contributed by atoms with E-state index in [9.17, 15) is 18.0 Å². The first-order chi connectivity index (χ1) is 9.89. The normalized spacial score (nSPS) is 11.6. The summed E-state index contributed by atoms with van der Waals surface area (Å²) >= 11 is 0. The van der Waals surface area contributed by atoms with E-state index in [4.69, 9.17) is 5.11 Å². The first-order valence-corrected chi connectivity index (χ1v) is 6.30. The van der Waals surface area contributed by atoms with Gasteiger partial charge in [0.1, 0.15) is 5.56 Å². The van der Waals surface area contributed by atoms with Crippen molar-refractivity contribution in [3.8, 4) is 0 Å². The fourth-order valence-electron chi connectivity index (χ4n) is 2.09. The van der Waals surface area contributed by atoms with Crippen LogP contribution in [0.4, 0.5) is 13.2 Å². The summed E-state index contributed by atoms with van der Waals surface area (Å²) in [6, 6.07) is 9.34. The van der Waals surface area contributed by atoms with Crippen LogP contribution in [-0.4, -0.2) is 20.9 Å². The lowest BCUT2D eigenvalue weighted by molar-refractivity contribution is -0.144. The van der Waals surface area contributed by atoms with Crippen LogP contribution in [0, 0.1) is 0 Å². The Labute approximate surface area is 118 Å². The van der Waals surface area contributed by atoms with Gasteiger partial charge in [-0.15, -0.1) is 0 Å². The Bertz CT molecular complexity index is 621. The predicted octanol–water partition coefficient (Wildman–Crippen LogP) is 3.23. The number of carboxylic acid groups (broad SMARTS) is 1. The molecule has 1 heterocycles. The molecule has 0 saturated carbocycles. The van der Waals surface area contributed by atoms with Crippen LogP contribution in [0.3, 0.4) is 0 Å². The molecule has 1 aromatic heterocycles. The number of halogens is 3. The molecule has 0 saturated heterocycles. The molecule has 0 fully saturated rings. The quantitative estimate of drug-likeness (QED) is 0.922. The predicted molar refractivity (Wildman–Crippen MR) is 69.0 cm³/mol. The van der Waals surface area contributed by atoms with Gasteiger partial charge in [-0.25, -0.2) is 4.79 Å². The Balaban J connectivity index is 2.12. The molecule has 0 bridgehead atoms. The lowest BCUT2D eigenvalue weighted by Crippen LogP contribution is -2.18. The summed E-state index contributed by atoms with van der Waals surface area (Å²) in [4.78, 5) is 10.8. The van der Waals surface area contributed by atoms with Gasteiger partial charge in [-0.2, -0.15) is 18.3 Å². The highest BCUT2D eigenvalue weighted by Gasteiger charge is 2.39. The third-order valence-corrected chi connectivity index (χ3v) is 3.02. The number of aryl methyl sites for hydroxylation is 2. The number of carbonyl (C=O) groups is 1. The van der Waals surface area contributed by atoms with Gasteiger partial charge in [0.15, 0.2) is 5.69 Å². The van der Waals surface area contributed by atoms with E-state index >= 15 is 0 Å². The number of hydrogen-bond donors (Lipinski definition) is 1. The zero-order valence-electron chi connectivity index (χ0n) is 11.0. The Morgan fingerprint density at radius 1 is 1.24 bits per heavy atom. The molecule has 0 amide bonds. The molecule has 0 aliphatic heterocycles. The van der Waals surface area contributed by atoms with Crippen LogP contribution in [-0.2, 0) is 19.1 Å². The van der Waals surface area contributed by atoms with Crippen molar-refractivity contribution >= 4 is 5.97 Å². The molecule has 21 heavy (non-hydrogen) atoms. The average Bonchev–Trinajstić information content (AvgIpc) is 2.84. The topological polar surface area (TPSA) is 55.1 Å². The molecule has 0 aliphatic carbocycles. The van der Waals surface area contributed by atoms with Gasteiger partial charge in [0.05, 0.1) is 6.20 Å². The number of benzene rings is 1. The van der Waals surface area contributed by atoms with Crippen LogP contribution in [0.1, 0.15) is 28.0 Å². The maximum Gasteiger partial charge on any atom is 0.433 e. The van der Waals surface area contributed by atoms with E-state index in [1.54, 1.807) is 0 Å². The van der Waals surface area contributed by atoms with Crippen molar-refractivity contribution in [1.29, 1.82) is 0 Å². The Hall–Kier alpha value is -2.31. The first-order valence-electron chi connectivity index (χ1n) is 6.30. The number of rotatable bonds is 5. The van der Waals surface area contributed by atoms with Gasteiger partial charge in [-0.3, -0.25) is 4.68 Å². The summed E-state index contributed by atoms with van der Waals surface area (Å²) in [5.74, 6) is -1.63. The van der Waals surface area contributed by atoms with Gasteiger partial charge in [0.2, 0.25) is 0 Å². The molecule has 1 aromatic carbocycles. The minimum atomic E-state index is -4.74. The molecule has 112 valence electrons. The molecule has 2 rings (SSSR count). The fourth-order valence-corrected chi connectivity index (χ4v) is 2.09. The van der Waals surface area contributed by atoms with Crippen molar-refractivity contribution < 1.29 is 23.1 Å². The largest absolute Gasteiger partial charge is 0.478 e. The molecular weight excluding hydrogens is 285 g/mol. The van der Waals surface area contributed by atoms with E-state index in [2.05, 4.69) is 5.10 Å². The summed E-state index contributed by atoms with van der Waals surface area (Å²) in [7, 11) is 0. The van der Waals surface area contributed by atoms with Gasteiger partial charge >= 0.3 is 12.1 Å². The van der Waals surface area contributed by atoms with Crippen LogP contribution >= 0.6 is 0 Å². The molecule has 1 N–H and O–H groups in total. The lowest BCUT2D eigenvalue weighted by Gasteiger charge is -2.11. The summed E-state index contributed by atoms with van der Waals surface area (Å²) in [5, 5.41) is 12.3. The van der Waals surface area contributed by atoms with E-state index in [-0.39, 0.29) is 6.54 Å². The second-order valence-corrected chi connectivity index (χ2v) is 4.52. The molecular formula is C14H13F3N2O2. The van der Waals surface area contributed by atoms with Gasteiger partial charge in [-0.05, 0) is 18.4 Å². The molecule has 0 spiro atoms. The third-order valence-electron chi connectivity index (χ3n) is 3.02. The van der Waals surface area contributed by atoms with E-state index < -0.39 is 23.4 Å². The smallest absolute Gasteiger partial charge is 0.433 e. The van der Waals surface area contributed by atoms with Crippen LogP contribution in [0.2, 0.25) is 0 Å². The van der Waals surface area contributed by atoms with Crippen LogP contribution in [0.15, 0.2) is 36.5 Å². The van der Waals surface area contributed by atoms with Crippen molar-refractivity contribution in [2.45, 2.75) is 25.6 Å². The number of aromatic nitrogens is 2. The highest BCUT2D eigenvalue weighted by Crippen LogP contribution is 2.32. The number of carboxylic acids is 1. The summed E-state index contributed by atoms with van der Waals surface area (Å²) < 4.78 is 39.5. The lowest BCUT2D eigenvalue weighted by atomic mass is 10.1. The van der Waals surface area contributed by atoms with Crippen molar-refractivity contribution in [2.24, 2.45) is 0 Å². The zero-order chi connectivity index (χ0) is 15.5. The Morgan fingerprint density at radius 3 is 2.48 bits per heavy atom. The second-order valence-electron chi connectivity index (χ2n) is 4.52. The molecule has 2 aromatic rings. The molecule has 0 radical (unpaired) electrons. The van der Waals surface area contributed by atoms with E-state index in [0.717, 1.165) is 11.8 Å². The van der Waals surface area contributed by atoms with Crippen molar-refractivity contribution in [2.75, 3.05) is 0 Å².